The lowest BCUT2D eigenvalue weighted by Crippen LogP contribution is -2.48. The van der Waals surface area contributed by atoms with Crippen LogP contribution in [-0.2, 0) is 16.8 Å². The van der Waals surface area contributed by atoms with Crippen molar-refractivity contribution in [2.75, 3.05) is 13.1 Å². The van der Waals surface area contributed by atoms with Crippen molar-refractivity contribution >= 4 is 10.2 Å². The van der Waals surface area contributed by atoms with Gasteiger partial charge in [-0.3, -0.25) is 4.68 Å². The second-order valence-electron chi connectivity index (χ2n) is 5.36. The van der Waals surface area contributed by atoms with Crippen molar-refractivity contribution in [3.05, 3.63) is 18.5 Å². The van der Waals surface area contributed by atoms with Crippen LogP contribution in [0.1, 0.15) is 26.7 Å². The molecule has 1 fully saturated rings. The van der Waals surface area contributed by atoms with Gasteiger partial charge in [0.25, 0.3) is 10.2 Å². The van der Waals surface area contributed by atoms with E-state index in [0.717, 1.165) is 12.8 Å². The summed E-state index contributed by atoms with van der Waals surface area (Å²) in [5.41, 5.74) is 0. The third kappa shape index (κ3) is 4.02. The molecule has 0 spiro atoms. The fraction of sp³-hybridized carbons (Fsp3) is 0.750. The number of hydrogen-bond donors (Lipinski definition) is 1. The highest BCUT2D eigenvalue weighted by atomic mass is 32.2. The van der Waals surface area contributed by atoms with E-state index in [-0.39, 0.29) is 6.04 Å². The Morgan fingerprint density at radius 1 is 1.53 bits per heavy atom. The molecule has 0 amide bonds. The quantitative estimate of drug-likeness (QED) is 0.872. The molecule has 2 heterocycles. The first-order valence-electron chi connectivity index (χ1n) is 6.72. The molecule has 2 unspecified atom stereocenters. The molecule has 2 atom stereocenters. The summed E-state index contributed by atoms with van der Waals surface area (Å²) < 4.78 is 30.5. The van der Waals surface area contributed by atoms with Gasteiger partial charge in [0.1, 0.15) is 0 Å². The molecule has 6 nitrogen and oxygen atoms in total. The molecule has 0 saturated carbocycles. The van der Waals surface area contributed by atoms with E-state index in [2.05, 4.69) is 16.7 Å². The van der Waals surface area contributed by atoms with Crippen LogP contribution in [0.4, 0.5) is 0 Å². The highest BCUT2D eigenvalue weighted by Gasteiger charge is 2.28. The predicted molar refractivity (Wildman–Crippen MR) is 73.7 cm³/mol. The molecule has 108 valence electrons. The van der Waals surface area contributed by atoms with Crippen molar-refractivity contribution in [1.29, 1.82) is 0 Å². The summed E-state index contributed by atoms with van der Waals surface area (Å²) in [6.07, 6.45) is 5.56. The number of aromatic nitrogens is 2. The van der Waals surface area contributed by atoms with Crippen molar-refractivity contribution in [2.45, 2.75) is 39.3 Å². The van der Waals surface area contributed by atoms with Gasteiger partial charge in [-0.2, -0.15) is 22.5 Å². The zero-order valence-corrected chi connectivity index (χ0v) is 12.3. The number of nitrogens with one attached hydrogen (secondary N) is 1. The Morgan fingerprint density at radius 3 is 2.95 bits per heavy atom. The van der Waals surface area contributed by atoms with E-state index in [1.54, 1.807) is 15.2 Å². The SMILES string of the molecule is CC1CCCN(S(=O)(=O)NC(C)Cn2cccn2)C1. The Morgan fingerprint density at radius 2 is 2.32 bits per heavy atom. The molecular formula is C12H22N4O2S. The number of rotatable bonds is 5. The van der Waals surface area contributed by atoms with Crippen LogP contribution in [0.5, 0.6) is 0 Å². The highest BCUT2D eigenvalue weighted by molar-refractivity contribution is 7.87. The van der Waals surface area contributed by atoms with E-state index in [4.69, 9.17) is 0 Å². The zero-order chi connectivity index (χ0) is 13.9. The molecule has 0 aliphatic carbocycles. The smallest absolute Gasteiger partial charge is 0.271 e. The molecule has 1 saturated heterocycles. The molecule has 1 aromatic rings. The fourth-order valence-electron chi connectivity index (χ4n) is 2.42. The minimum absolute atomic E-state index is 0.179. The summed E-state index contributed by atoms with van der Waals surface area (Å²) in [6, 6.07) is 1.65. The van der Waals surface area contributed by atoms with Gasteiger partial charge in [0, 0.05) is 31.5 Å². The van der Waals surface area contributed by atoms with Crippen LogP contribution in [0.3, 0.4) is 0 Å². The molecule has 2 rings (SSSR count). The Balaban J connectivity index is 1.92. The lowest BCUT2D eigenvalue weighted by atomic mass is 10.0. The largest absolute Gasteiger partial charge is 0.279 e. The van der Waals surface area contributed by atoms with Gasteiger partial charge >= 0.3 is 0 Å². The molecule has 1 aliphatic rings. The summed E-state index contributed by atoms with van der Waals surface area (Å²) in [5.74, 6) is 0.437. The normalized spacial score (nSPS) is 23.4. The summed E-state index contributed by atoms with van der Waals surface area (Å²) in [5, 5.41) is 4.08. The van der Waals surface area contributed by atoms with Crippen molar-refractivity contribution in [3.8, 4) is 0 Å². The van der Waals surface area contributed by atoms with Crippen LogP contribution in [0, 0.1) is 5.92 Å². The maximum Gasteiger partial charge on any atom is 0.279 e. The van der Waals surface area contributed by atoms with Crippen molar-refractivity contribution in [2.24, 2.45) is 5.92 Å². The third-order valence-electron chi connectivity index (χ3n) is 3.33. The molecule has 0 aromatic carbocycles. The Kier molecular flexibility index (Phi) is 4.59. The van der Waals surface area contributed by atoms with Gasteiger partial charge in [0.05, 0.1) is 6.54 Å². The van der Waals surface area contributed by atoms with E-state index < -0.39 is 10.2 Å². The monoisotopic (exact) mass is 286 g/mol. The first kappa shape index (κ1) is 14.5. The maximum absolute atomic E-state index is 12.3. The van der Waals surface area contributed by atoms with Gasteiger partial charge in [-0.05, 0) is 31.7 Å². The number of hydrogen-bond acceptors (Lipinski definition) is 3. The molecule has 1 aromatic heterocycles. The van der Waals surface area contributed by atoms with Crippen molar-refractivity contribution in [3.63, 3.8) is 0 Å². The van der Waals surface area contributed by atoms with E-state index in [0.29, 0.717) is 25.6 Å². The van der Waals surface area contributed by atoms with Gasteiger partial charge in [-0.25, -0.2) is 0 Å². The van der Waals surface area contributed by atoms with Crippen LogP contribution in [0.15, 0.2) is 18.5 Å². The van der Waals surface area contributed by atoms with E-state index in [9.17, 15) is 8.42 Å². The fourth-order valence-corrected chi connectivity index (χ4v) is 3.97. The Hall–Kier alpha value is -0.920. The number of piperidine rings is 1. The van der Waals surface area contributed by atoms with Crippen LogP contribution >= 0.6 is 0 Å². The van der Waals surface area contributed by atoms with Crippen LogP contribution < -0.4 is 4.72 Å². The second-order valence-corrected chi connectivity index (χ2v) is 7.06. The highest BCUT2D eigenvalue weighted by Crippen LogP contribution is 2.17. The summed E-state index contributed by atoms with van der Waals surface area (Å²) in [6.45, 7) is 5.72. The average Bonchev–Trinajstić information content (AvgIpc) is 2.81. The molecule has 1 N–H and O–H groups in total. The van der Waals surface area contributed by atoms with Gasteiger partial charge in [-0.15, -0.1) is 0 Å². The van der Waals surface area contributed by atoms with Crippen LogP contribution in [0.2, 0.25) is 0 Å². The van der Waals surface area contributed by atoms with Crippen molar-refractivity contribution < 1.29 is 8.42 Å². The zero-order valence-electron chi connectivity index (χ0n) is 11.5. The molecule has 19 heavy (non-hydrogen) atoms. The van der Waals surface area contributed by atoms with E-state index >= 15 is 0 Å². The molecule has 1 aliphatic heterocycles. The van der Waals surface area contributed by atoms with E-state index in [1.807, 2.05) is 19.2 Å². The Labute approximate surface area is 115 Å². The third-order valence-corrected chi connectivity index (χ3v) is 5.04. The molecular weight excluding hydrogens is 264 g/mol. The van der Waals surface area contributed by atoms with Gasteiger partial charge in [0.2, 0.25) is 0 Å². The van der Waals surface area contributed by atoms with E-state index in [1.165, 1.54) is 0 Å². The molecule has 0 bridgehead atoms. The van der Waals surface area contributed by atoms with Crippen LogP contribution in [-0.4, -0.2) is 41.6 Å². The molecule has 0 radical (unpaired) electrons. The Bertz CT molecular complexity index is 486. The maximum atomic E-state index is 12.3. The summed E-state index contributed by atoms with van der Waals surface area (Å²) in [4.78, 5) is 0. The predicted octanol–water partition coefficient (Wildman–Crippen LogP) is 0.838. The van der Waals surface area contributed by atoms with Crippen LogP contribution in [0.25, 0.3) is 0 Å². The van der Waals surface area contributed by atoms with Crippen molar-refractivity contribution in [1.82, 2.24) is 18.8 Å². The summed E-state index contributed by atoms with van der Waals surface area (Å²) in [7, 11) is -3.38. The van der Waals surface area contributed by atoms with Gasteiger partial charge in [-0.1, -0.05) is 6.92 Å². The summed E-state index contributed by atoms with van der Waals surface area (Å²) >= 11 is 0. The standard InChI is InChI=1S/C12H22N4O2S/c1-11-5-3-8-16(9-11)19(17,18)14-12(2)10-15-7-4-6-13-15/h4,6-7,11-12,14H,3,5,8-10H2,1-2H3. The topological polar surface area (TPSA) is 67.2 Å². The number of nitrogens with zero attached hydrogens (tertiary/aromatic N) is 3. The minimum atomic E-state index is -3.38. The lowest BCUT2D eigenvalue weighted by Gasteiger charge is -2.31. The lowest BCUT2D eigenvalue weighted by molar-refractivity contribution is 0.276. The average molecular weight is 286 g/mol. The first-order chi connectivity index (χ1) is 8.97. The first-order valence-corrected chi connectivity index (χ1v) is 8.16. The van der Waals surface area contributed by atoms with Gasteiger partial charge < -0.3 is 0 Å². The minimum Gasteiger partial charge on any atom is -0.271 e. The van der Waals surface area contributed by atoms with Gasteiger partial charge in [0.15, 0.2) is 0 Å². The molecule has 7 heteroatoms. The second kappa shape index (κ2) is 6.02.